The van der Waals surface area contributed by atoms with Gasteiger partial charge in [-0.1, -0.05) is 0 Å². The highest BCUT2D eigenvalue weighted by Crippen LogP contribution is 2.17. The van der Waals surface area contributed by atoms with Crippen LogP contribution >= 0.6 is 0 Å². The highest BCUT2D eigenvalue weighted by molar-refractivity contribution is 5.85. The molecule has 1 amide bonds. The first-order valence-electron chi connectivity index (χ1n) is 5.84. The van der Waals surface area contributed by atoms with Crippen LogP contribution in [0.4, 0.5) is 0 Å². The third kappa shape index (κ3) is 4.73. The van der Waals surface area contributed by atoms with E-state index in [1.807, 2.05) is 0 Å². The van der Waals surface area contributed by atoms with Gasteiger partial charge in [0, 0.05) is 6.61 Å². The van der Waals surface area contributed by atoms with Crippen LogP contribution in [0.5, 0.6) is 0 Å². The van der Waals surface area contributed by atoms with Crippen LogP contribution in [0.25, 0.3) is 0 Å². The Bertz CT molecular complexity index is 300. The van der Waals surface area contributed by atoms with E-state index in [2.05, 4.69) is 9.78 Å². The Morgan fingerprint density at radius 1 is 1.21 bits per heavy atom. The summed E-state index contributed by atoms with van der Waals surface area (Å²) in [4.78, 5) is 36.9. The normalized spacial score (nSPS) is 13.7. The van der Waals surface area contributed by atoms with Gasteiger partial charge in [0.25, 0.3) is 5.91 Å². The van der Waals surface area contributed by atoms with Crippen molar-refractivity contribution in [1.82, 2.24) is 5.06 Å². The summed E-state index contributed by atoms with van der Waals surface area (Å²) in [5, 5.41) is 10.5. The largest absolute Gasteiger partial charge is 0.426 e. The van der Waals surface area contributed by atoms with Gasteiger partial charge in [0.2, 0.25) is 0 Å². The molecule has 1 atom stereocenters. The summed E-state index contributed by atoms with van der Waals surface area (Å²) >= 11 is 0. The molecule has 0 aliphatic rings. The maximum absolute atomic E-state index is 11.7. The first-order valence-corrected chi connectivity index (χ1v) is 5.84. The fourth-order valence-electron chi connectivity index (χ4n) is 1.11. The molecule has 1 unspecified atom stereocenters. The minimum absolute atomic E-state index is 0.00302. The van der Waals surface area contributed by atoms with E-state index in [-0.39, 0.29) is 19.8 Å². The second-order valence-electron chi connectivity index (χ2n) is 3.13. The Balaban J connectivity index is 5.17. The maximum atomic E-state index is 11.7. The average Bonchev–Trinajstić information content (AvgIpc) is 2.41. The number of carbonyl (C=O) groups is 2. The molecule has 0 saturated carbocycles. The zero-order valence-corrected chi connectivity index (χ0v) is 11.2. The fraction of sp³-hybridized carbons (Fsp3) is 0.800. The summed E-state index contributed by atoms with van der Waals surface area (Å²) in [6, 6.07) is 0. The van der Waals surface area contributed by atoms with E-state index in [4.69, 9.17) is 15.3 Å². The molecule has 112 valence electrons. The molecule has 0 radical (unpaired) electrons. The number of hydroxylamine groups is 2. The van der Waals surface area contributed by atoms with Crippen LogP contribution < -0.4 is 5.73 Å². The molecule has 0 aromatic rings. The van der Waals surface area contributed by atoms with E-state index in [0.717, 1.165) is 0 Å². The zero-order valence-electron chi connectivity index (χ0n) is 11.2. The lowest BCUT2D eigenvalue weighted by Gasteiger charge is -2.33. The Hall–Kier alpha value is -1.26. The first kappa shape index (κ1) is 17.7. The first-order chi connectivity index (χ1) is 8.97. The lowest BCUT2D eigenvalue weighted by atomic mass is 10.4. The molecule has 0 saturated heterocycles. The molecule has 0 aromatic carbocycles. The standard InChI is InChI=1S/C10H20N2O7/c1-4-16-10(15,9(14)19-18-6-3)12(17-5-2)8(13)7-11/h15H,4-7,11H2,1-3H3. The summed E-state index contributed by atoms with van der Waals surface area (Å²) in [5.74, 6) is -4.95. The van der Waals surface area contributed by atoms with Crippen molar-refractivity contribution < 1.29 is 34.0 Å². The van der Waals surface area contributed by atoms with Gasteiger partial charge in [-0.2, -0.15) is 9.95 Å². The minimum atomic E-state index is -2.75. The monoisotopic (exact) mass is 280 g/mol. The number of ether oxygens (including phenoxy) is 1. The number of nitrogens with two attached hydrogens (primary N) is 1. The van der Waals surface area contributed by atoms with E-state index in [1.165, 1.54) is 6.92 Å². The van der Waals surface area contributed by atoms with Crippen molar-refractivity contribution >= 4 is 11.9 Å². The molecule has 0 fully saturated rings. The number of rotatable bonds is 9. The fourth-order valence-corrected chi connectivity index (χ4v) is 1.11. The molecule has 0 aromatic heterocycles. The predicted octanol–water partition coefficient (Wildman–Crippen LogP) is -1.10. The van der Waals surface area contributed by atoms with Crippen LogP contribution in [0, 0.1) is 0 Å². The number of nitrogens with zero attached hydrogens (tertiary/aromatic N) is 1. The van der Waals surface area contributed by atoms with Gasteiger partial charge in [-0.3, -0.25) is 14.5 Å². The van der Waals surface area contributed by atoms with Gasteiger partial charge in [-0.05, 0) is 20.8 Å². The Kier molecular flexibility index (Phi) is 8.19. The molecule has 0 aliphatic carbocycles. The summed E-state index contributed by atoms with van der Waals surface area (Å²) in [7, 11) is 0. The maximum Gasteiger partial charge on any atom is 0.426 e. The van der Waals surface area contributed by atoms with E-state index in [0.29, 0.717) is 5.06 Å². The van der Waals surface area contributed by atoms with Gasteiger partial charge in [0.1, 0.15) is 0 Å². The predicted molar refractivity (Wildman–Crippen MR) is 61.8 cm³/mol. The van der Waals surface area contributed by atoms with Crippen molar-refractivity contribution in [2.24, 2.45) is 5.73 Å². The third-order valence-corrected chi connectivity index (χ3v) is 1.80. The number of hydrogen-bond acceptors (Lipinski definition) is 8. The number of hydrogen-bond donors (Lipinski definition) is 2. The van der Waals surface area contributed by atoms with Crippen molar-refractivity contribution in [2.75, 3.05) is 26.4 Å². The SMILES string of the molecule is CCOOC(=O)C(O)(OCC)N(OCC)C(=O)CN. The van der Waals surface area contributed by atoms with Crippen molar-refractivity contribution in [3.05, 3.63) is 0 Å². The minimum Gasteiger partial charge on any atom is -0.338 e. The van der Waals surface area contributed by atoms with E-state index in [1.54, 1.807) is 13.8 Å². The van der Waals surface area contributed by atoms with Crippen molar-refractivity contribution in [1.29, 1.82) is 0 Å². The van der Waals surface area contributed by atoms with Crippen molar-refractivity contribution in [3.63, 3.8) is 0 Å². The second-order valence-corrected chi connectivity index (χ2v) is 3.13. The molecule has 9 heteroatoms. The quantitative estimate of drug-likeness (QED) is 0.310. The van der Waals surface area contributed by atoms with Crippen molar-refractivity contribution in [2.45, 2.75) is 26.7 Å². The van der Waals surface area contributed by atoms with Crippen molar-refractivity contribution in [3.8, 4) is 0 Å². The summed E-state index contributed by atoms with van der Waals surface area (Å²) in [6.07, 6.45) is 0. The molecule has 0 heterocycles. The smallest absolute Gasteiger partial charge is 0.338 e. The Labute approximate surface area is 111 Å². The van der Waals surface area contributed by atoms with Crippen LogP contribution in [0.1, 0.15) is 20.8 Å². The zero-order chi connectivity index (χ0) is 14.9. The van der Waals surface area contributed by atoms with E-state index in [9.17, 15) is 14.7 Å². The third-order valence-electron chi connectivity index (χ3n) is 1.80. The molecule has 0 bridgehead atoms. The van der Waals surface area contributed by atoms with Crippen LogP contribution in [-0.4, -0.2) is 54.3 Å². The molecule has 0 rings (SSSR count). The van der Waals surface area contributed by atoms with Gasteiger partial charge < -0.3 is 15.6 Å². The lowest BCUT2D eigenvalue weighted by Crippen LogP contribution is -2.60. The van der Waals surface area contributed by atoms with Gasteiger partial charge in [-0.25, -0.2) is 4.79 Å². The average molecular weight is 280 g/mol. The Morgan fingerprint density at radius 3 is 2.26 bits per heavy atom. The molecular formula is C10H20N2O7. The second kappa shape index (κ2) is 8.77. The molecule has 3 N–H and O–H groups in total. The van der Waals surface area contributed by atoms with Crippen LogP contribution in [0.3, 0.4) is 0 Å². The number of carbonyl (C=O) groups excluding carboxylic acids is 2. The molecule has 19 heavy (non-hydrogen) atoms. The summed E-state index contributed by atoms with van der Waals surface area (Å²) in [6.45, 7) is 4.12. The van der Waals surface area contributed by atoms with E-state index < -0.39 is 24.3 Å². The summed E-state index contributed by atoms with van der Waals surface area (Å²) in [5.41, 5.74) is 5.18. The number of amides is 1. The van der Waals surface area contributed by atoms with Gasteiger partial charge >= 0.3 is 11.9 Å². The van der Waals surface area contributed by atoms with Crippen LogP contribution in [0.15, 0.2) is 0 Å². The molecular weight excluding hydrogens is 260 g/mol. The summed E-state index contributed by atoms with van der Waals surface area (Å²) < 4.78 is 4.85. The van der Waals surface area contributed by atoms with E-state index >= 15 is 0 Å². The number of aliphatic hydroxyl groups is 1. The van der Waals surface area contributed by atoms with Gasteiger partial charge in [0.15, 0.2) is 0 Å². The topological polar surface area (TPSA) is 121 Å². The highest BCUT2D eigenvalue weighted by atomic mass is 17.2. The van der Waals surface area contributed by atoms with Crippen LogP contribution in [0.2, 0.25) is 0 Å². The molecule has 0 spiro atoms. The Morgan fingerprint density at radius 2 is 1.84 bits per heavy atom. The van der Waals surface area contributed by atoms with Gasteiger partial charge in [0.05, 0.1) is 19.8 Å². The van der Waals surface area contributed by atoms with Gasteiger partial charge in [-0.15, -0.1) is 0 Å². The molecule has 9 nitrogen and oxygen atoms in total. The molecule has 0 aliphatic heterocycles. The lowest BCUT2D eigenvalue weighted by molar-refractivity contribution is -0.382. The highest BCUT2D eigenvalue weighted by Gasteiger charge is 2.50. The van der Waals surface area contributed by atoms with Crippen LogP contribution in [-0.2, 0) is 28.9 Å².